The van der Waals surface area contributed by atoms with Crippen LogP contribution in [-0.4, -0.2) is 28.6 Å². The van der Waals surface area contributed by atoms with Crippen LogP contribution in [0.1, 0.15) is 37.8 Å². The summed E-state index contributed by atoms with van der Waals surface area (Å²) in [5.41, 5.74) is -0.551. The second-order valence-corrected chi connectivity index (χ2v) is 7.17. The number of fused-ring (bicyclic) bond motifs is 1. The zero-order valence-corrected chi connectivity index (χ0v) is 16.5. The van der Waals surface area contributed by atoms with Gasteiger partial charge in [0.1, 0.15) is 0 Å². The Kier molecular flexibility index (Phi) is 5.63. The van der Waals surface area contributed by atoms with E-state index < -0.39 is 17.5 Å². The summed E-state index contributed by atoms with van der Waals surface area (Å²) >= 11 is 6.10. The third-order valence-electron chi connectivity index (χ3n) is 4.80. The Morgan fingerprint density at radius 3 is 2.68 bits per heavy atom. The van der Waals surface area contributed by atoms with E-state index in [0.717, 1.165) is 0 Å². The van der Waals surface area contributed by atoms with Crippen molar-refractivity contribution in [3.05, 3.63) is 52.5 Å². The molecule has 0 saturated heterocycles. The molecule has 1 atom stereocenters. The molecule has 1 aliphatic heterocycles. The molecule has 2 aromatic carbocycles. The number of ether oxygens (including phenoxy) is 1. The van der Waals surface area contributed by atoms with Crippen molar-refractivity contribution in [1.82, 2.24) is 0 Å². The van der Waals surface area contributed by atoms with Gasteiger partial charge < -0.3 is 19.8 Å². The molecule has 7 heteroatoms. The molecule has 0 aromatic heterocycles. The number of aliphatic hydroxyl groups is 1. The van der Waals surface area contributed by atoms with Crippen molar-refractivity contribution in [2.24, 2.45) is 0 Å². The van der Waals surface area contributed by atoms with E-state index in [0.29, 0.717) is 34.8 Å². The standard InChI is InChI=1S/C21H22ClNO5/c1-3-6-18(25)28-19-13(7-5-8-17(19)24)12-21(27)15-11-14(22)9-10-16(15)23(4-2)20(21)26/h5,7-11,24,27H,3-4,6,12H2,1-2H3. The number of hydrogen-bond donors (Lipinski definition) is 2. The van der Waals surface area contributed by atoms with E-state index in [9.17, 15) is 19.8 Å². The normalized spacial score (nSPS) is 18.3. The lowest BCUT2D eigenvalue weighted by molar-refractivity contribution is -0.136. The van der Waals surface area contributed by atoms with Crippen molar-refractivity contribution in [3.8, 4) is 11.5 Å². The molecule has 1 heterocycles. The lowest BCUT2D eigenvalue weighted by atomic mass is 9.88. The summed E-state index contributed by atoms with van der Waals surface area (Å²) < 4.78 is 5.32. The van der Waals surface area contributed by atoms with Gasteiger partial charge in [-0.3, -0.25) is 9.59 Å². The van der Waals surface area contributed by atoms with Crippen LogP contribution in [0.15, 0.2) is 36.4 Å². The molecule has 1 aliphatic rings. The third-order valence-corrected chi connectivity index (χ3v) is 5.04. The Balaban J connectivity index is 2.04. The van der Waals surface area contributed by atoms with Crippen LogP contribution in [0.3, 0.4) is 0 Å². The van der Waals surface area contributed by atoms with Gasteiger partial charge in [-0.2, -0.15) is 0 Å². The number of rotatable bonds is 6. The van der Waals surface area contributed by atoms with Crippen molar-refractivity contribution in [3.63, 3.8) is 0 Å². The molecular weight excluding hydrogens is 382 g/mol. The van der Waals surface area contributed by atoms with E-state index in [1.165, 1.54) is 11.0 Å². The fraction of sp³-hybridized carbons (Fsp3) is 0.333. The van der Waals surface area contributed by atoms with E-state index in [1.807, 2.05) is 13.8 Å². The molecule has 0 saturated carbocycles. The fourth-order valence-corrected chi connectivity index (χ4v) is 3.65. The van der Waals surface area contributed by atoms with Gasteiger partial charge in [0.2, 0.25) is 0 Å². The molecule has 0 spiro atoms. The van der Waals surface area contributed by atoms with Gasteiger partial charge in [-0.1, -0.05) is 30.7 Å². The smallest absolute Gasteiger partial charge is 0.311 e. The molecule has 3 rings (SSSR count). The molecule has 0 radical (unpaired) electrons. The van der Waals surface area contributed by atoms with Crippen LogP contribution < -0.4 is 9.64 Å². The first-order valence-corrected chi connectivity index (χ1v) is 9.55. The Bertz CT molecular complexity index is 929. The highest BCUT2D eigenvalue weighted by Crippen LogP contribution is 2.45. The Morgan fingerprint density at radius 2 is 2.00 bits per heavy atom. The number of halogens is 1. The van der Waals surface area contributed by atoms with Gasteiger partial charge in [0, 0.05) is 35.5 Å². The molecular formula is C21H22ClNO5. The Hall–Kier alpha value is -2.57. The molecule has 2 N–H and O–H groups in total. The highest BCUT2D eigenvalue weighted by Gasteiger charge is 2.49. The molecule has 6 nitrogen and oxygen atoms in total. The number of nitrogens with zero attached hydrogens (tertiary/aromatic N) is 1. The first-order valence-electron chi connectivity index (χ1n) is 9.17. The molecule has 0 fully saturated rings. The summed E-state index contributed by atoms with van der Waals surface area (Å²) in [7, 11) is 0. The highest BCUT2D eigenvalue weighted by atomic mass is 35.5. The van der Waals surface area contributed by atoms with Crippen molar-refractivity contribution < 1.29 is 24.5 Å². The van der Waals surface area contributed by atoms with Crippen LogP contribution in [0, 0.1) is 0 Å². The van der Waals surface area contributed by atoms with Crippen LogP contribution in [0.2, 0.25) is 5.02 Å². The monoisotopic (exact) mass is 403 g/mol. The number of benzene rings is 2. The number of aromatic hydroxyl groups is 1. The maximum Gasteiger partial charge on any atom is 0.311 e. The summed E-state index contributed by atoms with van der Waals surface area (Å²) in [6, 6.07) is 9.49. The Labute approximate surface area is 168 Å². The van der Waals surface area contributed by atoms with E-state index in [1.54, 1.807) is 30.3 Å². The summed E-state index contributed by atoms with van der Waals surface area (Å²) in [6.07, 6.45) is 0.624. The fourth-order valence-electron chi connectivity index (χ4n) is 3.48. The third kappa shape index (κ3) is 3.45. The van der Waals surface area contributed by atoms with Gasteiger partial charge in [-0.25, -0.2) is 0 Å². The molecule has 0 bridgehead atoms. The number of esters is 1. The number of likely N-dealkylation sites (N-methyl/N-ethyl adjacent to an activating group) is 1. The van der Waals surface area contributed by atoms with Gasteiger partial charge in [-0.05, 0) is 37.6 Å². The first kappa shape index (κ1) is 20.2. The van der Waals surface area contributed by atoms with Gasteiger partial charge in [0.15, 0.2) is 17.1 Å². The number of phenolic OH excluding ortho intramolecular Hbond substituents is 1. The van der Waals surface area contributed by atoms with Crippen molar-refractivity contribution in [2.75, 3.05) is 11.4 Å². The number of para-hydroxylation sites is 1. The average Bonchev–Trinajstić information content (AvgIpc) is 2.85. The summed E-state index contributed by atoms with van der Waals surface area (Å²) in [6.45, 7) is 4.04. The molecule has 28 heavy (non-hydrogen) atoms. The number of carbonyl (C=O) groups excluding carboxylic acids is 2. The summed E-state index contributed by atoms with van der Waals surface area (Å²) in [5.74, 6) is -1.24. The lowest BCUT2D eigenvalue weighted by Gasteiger charge is -2.24. The van der Waals surface area contributed by atoms with Gasteiger partial charge in [0.25, 0.3) is 5.91 Å². The highest BCUT2D eigenvalue weighted by molar-refractivity contribution is 6.31. The molecule has 148 valence electrons. The second kappa shape index (κ2) is 7.81. The predicted octanol–water partition coefficient (Wildman–Crippen LogP) is 3.55. The quantitative estimate of drug-likeness (QED) is 0.569. The predicted molar refractivity (Wildman–Crippen MR) is 106 cm³/mol. The van der Waals surface area contributed by atoms with Crippen molar-refractivity contribution in [2.45, 2.75) is 38.7 Å². The number of phenols is 1. The van der Waals surface area contributed by atoms with E-state index >= 15 is 0 Å². The number of hydrogen-bond acceptors (Lipinski definition) is 5. The van der Waals surface area contributed by atoms with Crippen LogP contribution in [0.25, 0.3) is 0 Å². The number of anilines is 1. The SMILES string of the molecule is CCCC(=O)Oc1c(O)cccc1CC1(O)C(=O)N(CC)c2ccc(Cl)cc21. The van der Waals surface area contributed by atoms with Gasteiger partial charge in [-0.15, -0.1) is 0 Å². The minimum Gasteiger partial charge on any atom is -0.504 e. The van der Waals surface area contributed by atoms with Crippen molar-refractivity contribution >= 4 is 29.2 Å². The topological polar surface area (TPSA) is 87.1 Å². The number of amides is 1. The van der Waals surface area contributed by atoms with Crippen LogP contribution in [-0.2, 0) is 21.6 Å². The summed E-state index contributed by atoms with van der Waals surface area (Å²) in [5, 5.41) is 22.0. The minimum absolute atomic E-state index is 0.0410. The van der Waals surface area contributed by atoms with E-state index in [4.69, 9.17) is 16.3 Å². The van der Waals surface area contributed by atoms with E-state index in [-0.39, 0.29) is 24.3 Å². The second-order valence-electron chi connectivity index (χ2n) is 6.74. The lowest BCUT2D eigenvalue weighted by Crippen LogP contribution is -2.42. The van der Waals surface area contributed by atoms with Gasteiger partial charge >= 0.3 is 5.97 Å². The van der Waals surface area contributed by atoms with Crippen molar-refractivity contribution in [1.29, 1.82) is 0 Å². The molecule has 1 amide bonds. The first-order chi connectivity index (χ1) is 13.3. The van der Waals surface area contributed by atoms with Crippen LogP contribution in [0.5, 0.6) is 11.5 Å². The van der Waals surface area contributed by atoms with E-state index in [2.05, 4.69) is 0 Å². The summed E-state index contributed by atoms with van der Waals surface area (Å²) in [4.78, 5) is 26.4. The van der Waals surface area contributed by atoms with Crippen LogP contribution >= 0.6 is 11.6 Å². The molecule has 0 aliphatic carbocycles. The minimum atomic E-state index is -1.88. The molecule has 1 unspecified atom stereocenters. The van der Waals surface area contributed by atoms with Crippen LogP contribution in [0.4, 0.5) is 5.69 Å². The average molecular weight is 404 g/mol. The van der Waals surface area contributed by atoms with Gasteiger partial charge in [0.05, 0.1) is 5.69 Å². The largest absolute Gasteiger partial charge is 0.504 e. The maximum absolute atomic E-state index is 13.0. The Morgan fingerprint density at radius 1 is 1.25 bits per heavy atom. The molecule has 2 aromatic rings. The zero-order chi connectivity index (χ0) is 20.5. The number of carbonyl (C=O) groups is 2. The zero-order valence-electron chi connectivity index (χ0n) is 15.7. The maximum atomic E-state index is 13.0.